The van der Waals surface area contributed by atoms with Crippen LogP contribution in [-0.2, 0) is 0 Å². The van der Waals surface area contributed by atoms with Crippen LogP contribution in [-0.4, -0.2) is 5.71 Å². The van der Waals surface area contributed by atoms with Gasteiger partial charge in [-0.15, -0.1) is 6.58 Å². The molecule has 3 saturated carbocycles. The van der Waals surface area contributed by atoms with Gasteiger partial charge >= 0.3 is 0 Å². The number of rotatable bonds is 2. The van der Waals surface area contributed by atoms with Crippen molar-refractivity contribution in [3.63, 3.8) is 0 Å². The van der Waals surface area contributed by atoms with E-state index in [2.05, 4.69) is 32.6 Å². The van der Waals surface area contributed by atoms with Crippen molar-refractivity contribution in [2.75, 3.05) is 0 Å². The van der Waals surface area contributed by atoms with Crippen LogP contribution >= 0.6 is 0 Å². The van der Waals surface area contributed by atoms with Gasteiger partial charge in [-0.1, -0.05) is 31.9 Å². The molecule has 7 unspecified atom stereocenters. The smallest absolute Gasteiger partial charge is 0.0313 e. The van der Waals surface area contributed by atoms with Crippen LogP contribution < -0.4 is 0 Å². The van der Waals surface area contributed by atoms with Crippen molar-refractivity contribution in [2.45, 2.75) is 65.2 Å². The van der Waals surface area contributed by atoms with Gasteiger partial charge in [-0.25, -0.2) is 0 Å². The SMILES string of the molecule is C=CC12CCC3C4CCC(=N)C=C4CC(CC)C3C1CCC2C. The second-order valence-corrected chi connectivity index (χ2v) is 8.94. The molecule has 0 bridgehead atoms. The molecule has 0 aromatic carbocycles. The minimum Gasteiger partial charge on any atom is -0.305 e. The molecule has 23 heavy (non-hydrogen) atoms. The van der Waals surface area contributed by atoms with Crippen LogP contribution in [0.2, 0.25) is 0 Å². The Morgan fingerprint density at radius 3 is 2.87 bits per heavy atom. The summed E-state index contributed by atoms with van der Waals surface area (Å²) in [6.07, 6.45) is 15.1. The molecule has 126 valence electrons. The molecule has 0 saturated heterocycles. The van der Waals surface area contributed by atoms with Crippen LogP contribution in [0.3, 0.4) is 0 Å². The third-order valence-electron chi connectivity index (χ3n) is 8.41. The van der Waals surface area contributed by atoms with Gasteiger partial charge < -0.3 is 5.41 Å². The Morgan fingerprint density at radius 2 is 2.13 bits per heavy atom. The normalized spacial score (nSPS) is 49.0. The summed E-state index contributed by atoms with van der Waals surface area (Å²) in [5.74, 6) is 5.20. The molecule has 0 radical (unpaired) electrons. The molecule has 0 heterocycles. The number of allylic oxidation sites excluding steroid dienone is 3. The van der Waals surface area contributed by atoms with Crippen molar-refractivity contribution in [3.8, 4) is 0 Å². The summed E-state index contributed by atoms with van der Waals surface area (Å²) in [5, 5.41) is 8.08. The van der Waals surface area contributed by atoms with E-state index in [9.17, 15) is 0 Å². The lowest BCUT2D eigenvalue weighted by atomic mass is 9.48. The molecule has 0 spiro atoms. The highest BCUT2D eigenvalue weighted by molar-refractivity contribution is 5.93. The van der Waals surface area contributed by atoms with Gasteiger partial charge in [-0.2, -0.15) is 0 Å². The van der Waals surface area contributed by atoms with Gasteiger partial charge in [0.05, 0.1) is 0 Å². The number of hydrogen-bond acceptors (Lipinski definition) is 1. The largest absolute Gasteiger partial charge is 0.305 e. The second-order valence-electron chi connectivity index (χ2n) is 8.94. The van der Waals surface area contributed by atoms with E-state index in [4.69, 9.17) is 5.41 Å². The zero-order chi connectivity index (χ0) is 16.2. The summed E-state index contributed by atoms with van der Waals surface area (Å²) < 4.78 is 0. The van der Waals surface area contributed by atoms with Crippen LogP contribution in [0.4, 0.5) is 0 Å². The summed E-state index contributed by atoms with van der Waals surface area (Å²) in [4.78, 5) is 0. The monoisotopic (exact) mass is 311 g/mol. The molecule has 1 N–H and O–H groups in total. The summed E-state index contributed by atoms with van der Waals surface area (Å²) in [7, 11) is 0. The molecule has 4 rings (SSSR count). The highest BCUT2D eigenvalue weighted by atomic mass is 14.6. The molecule has 4 aliphatic rings. The predicted molar refractivity (Wildman–Crippen MR) is 97.7 cm³/mol. The first-order valence-corrected chi connectivity index (χ1v) is 10.0. The lowest BCUT2D eigenvalue weighted by Gasteiger charge is -2.57. The summed E-state index contributed by atoms with van der Waals surface area (Å²) in [6, 6.07) is 0. The lowest BCUT2D eigenvalue weighted by Crippen LogP contribution is -2.49. The molecule has 0 aliphatic heterocycles. The topological polar surface area (TPSA) is 23.9 Å². The fraction of sp³-hybridized carbons (Fsp3) is 0.773. The third-order valence-corrected chi connectivity index (χ3v) is 8.41. The summed E-state index contributed by atoms with van der Waals surface area (Å²) in [6.45, 7) is 9.20. The van der Waals surface area contributed by atoms with E-state index >= 15 is 0 Å². The van der Waals surface area contributed by atoms with Crippen molar-refractivity contribution < 1.29 is 0 Å². The molecule has 0 aromatic heterocycles. The summed E-state index contributed by atoms with van der Waals surface area (Å²) >= 11 is 0. The molecular formula is C22H33N. The van der Waals surface area contributed by atoms with Crippen LogP contribution in [0.5, 0.6) is 0 Å². The van der Waals surface area contributed by atoms with Crippen molar-refractivity contribution in [1.82, 2.24) is 0 Å². The maximum Gasteiger partial charge on any atom is 0.0313 e. The van der Waals surface area contributed by atoms with E-state index in [-0.39, 0.29) is 0 Å². The zero-order valence-corrected chi connectivity index (χ0v) is 15.0. The van der Waals surface area contributed by atoms with Gasteiger partial charge in [0.1, 0.15) is 0 Å². The van der Waals surface area contributed by atoms with E-state index in [1.807, 2.05) is 0 Å². The van der Waals surface area contributed by atoms with Gasteiger partial charge in [0.15, 0.2) is 0 Å². The third kappa shape index (κ3) is 2.14. The molecule has 4 aliphatic carbocycles. The van der Waals surface area contributed by atoms with Crippen molar-refractivity contribution >= 4 is 5.71 Å². The standard InChI is InChI=1S/C22H33N/c1-4-15-12-16-13-17(23)7-8-18(16)19-10-11-22(5-2)14(3)6-9-20(22)21(15)19/h5,13-15,18-21,23H,2,4,6-12H2,1,3H3. The van der Waals surface area contributed by atoms with E-state index < -0.39 is 0 Å². The highest BCUT2D eigenvalue weighted by Crippen LogP contribution is 2.65. The molecule has 0 amide bonds. The fourth-order valence-electron chi connectivity index (χ4n) is 7.28. The van der Waals surface area contributed by atoms with E-state index in [1.54, 1.807) is 5.57 Å². The summed E-state index contributed by atoms with van der Waals surface area (Å²) in [5.41, 5.74) is 2.97. The molecule has 7 atom stereocenters. The second kappa shape index (κ2) is 5.60. The first-order chi connectivity index (χ1) is 11.1. The predicted octanol–water partition coefficient (Wildman–Crippen LogP) is 6.02. The van der Waals surface area contributed by atoms with Crippen molar-refractivity contribution in [1.29, 1.82) is 5.41 Å². The Morgan fingerprint density at radius 1 is 1.30 bits per heavy atom. The van der Waals surface area contributed by atoms with Gasteiger partial charge in [0.25, 0.3) is 0 Å². The van der Waals surface area contributed by atoms with E-state index in [1.165, 1.54) is 44.9 Å². The Hall–Kier alpha value is -0.850. The number of nitrogens with one attached hydrogen (secondary N) is 1. The molecule has 1 heteroatoms. The van der Waals surface area contributed by atoms with E-state index in [0.29, 0.717) is 5.41 Å². The van der Waals surface area contributed by atoms with Crippen molar-refractivity contribution in [2.24, 2.45) is 40.9 Å². The minimum absolute atomic E-state index is 0.442. The fourth-order valence-corrected chi connectivity index (χ4v) is 7.28. The number of hydrogen-bond donors (Lipinski definition) is 1. The number of fused-ring (bicyclic) bond motifs is 5. The average molecular weight is 312 g/mol. The minimum atomic E-state index is 0.442. The van der Waals surface area contributed by atoms with Gasteiger partial charge in [-0.05, 0) is 91.9 Å². The van der Waals surface area contributed by atoms with E-state index in [0.717, 1.165) is 47.6 Å². The van der Waals surface area contributed by atoms with Crippen LogP contribution in [0.1, 0.15) is 65.2 Å². The van der Waals surface area contributed by atoms with Crippen LogP contribution in [0.25, 0.3) is 0 Å². The lowest BCUT2D eigenvalue weighted by molar-refractivity contribution is -0.0324. The first-order valence-electron chi connectivity index (χ1n) is 10.0. The maximum absolute atomic E-state index is 8.08. The van der Waals surface area contributed by atoms with Crippen molar-refractivity contribution in [3.05, 3.63) is 24.3 Å². The molecule has 0 aromatic rings. The van der Waals surface area contributed by atoms with Crippen LogP contribution in [0.15, 0.2) is 24.3 Å². The van der Waals surface area contributed by atoms with Gasteiger partial charge in [-0.3, -0.25) is 0 Å². The molecule has 3 fully saturated rings. The van der Waals surface area contributed by atoms with Gasteiger partial charge in [0, 0.05) is 5.71 Å². The first kappa shape index (κ1) is 15.7. The Balaban J connectivity index is 1.72. The average Bonchev–Trinajstić information content (AvgIpc) is 2.90. The Kier molecular flexibility index (Phi) is 3.82. The van der Waals surface area contributed by atoms with Crippen LogP contribution in [0, 0.1) is 46.3 Å². The zero-order valence-electron chi connectivity index (χ0n) is 15.0. The maximum atomic E-state index is 8.08. The molecule has 1 nitrogen and oxygen atoms in total. The quantitative estimate of drug-likeness (QED) is 0.603. The Bertz CT molecular complexity index is 544. The van der Waals surface area contributed by atoms with Gasteiger partial charge in [0.2, 0.25) is 0 Å². The highest BCUT2D eigenvalue weighted by Gasteiger charge is 2.57. The molecular weight excluding hydrogens is 278 g/mol. The Labute approximate surface area is 142 Å².